The minimum atomic E-state index is 0.0165. The lowest BCUT2D eigenvalue weighted by Gasteiger charge is -2.26. The fourth-order valence-corrected chi connectivity index (χ4v) is 5.13. The maximum atomic E-state index is 12.6. The van der Waals surface area contributed by atoms with E-state index >= 15 is 0 Å². The van der Waals surface area contributed by atoms with Gasteiger partial charge in [-0.05, 0) is 68.2 Å². The van der Waals surface area contributed by atoms with Crippen molar-refractivity contribution in [2.45, 2.75) is 51.5 Å². The molecule has 1 fully saturated rings. The Morgan fingerprint density at radius 3 is 2.48 bits per heavy atom. The zero-order valence-electron chi connectivity index (χ0n) is 15.6. The number of amides is 2. The topological polar surface area (TPSA) is 49.4 Å². The summed E-state index contributed by atoms with van der Waals surface area (Å²) in [5.41, 5.74) is 3.86. The van der Waals surface area contributed by atoms with Crippen LogP contribution in [0.1, 0.15) is 68.8 Å². The number of rotatable bonds is 4. The van der Waals surface area contributed by atoms with E-state index in [4.69, 9.17) is 0 Å². The van der Waals surface area contributed by atoms with Gasteiger partial charge in [0.15, 0.2) is 0 Å². The van der Waals surface area contributed by atoms with E-state index in [1.54, 1.807) is 11.3 Å². The molecule has 2 aliphatic rings. The van der Waals surface area contributed by atoms with Gasteiger partial charge in [0.05, 0.1) is 5.56 Å². The molecule has 1 aliphatic carbocycles. The van der Waals surface area contributed by atoms with Gasteiger partial charge in [-0.3, -0.25) is 9.59 Å². The molecule has 5 heteroatoms. The molecule has 1 aliphatic heterocycles. The quantitative estimate of drug-likeness (QED) is 0.862. The number of carbonyl (C=O) groups excluding carboxylic acids is 2. The summed E-state index contributed by atoms with van der Waals surface area (Å²) in [6.45, 7) is 2.21. The Morgan fingerprint density at radius 2 is 1.70 bits per heavy atom. The molecule has 27 heavy (non-hydrogen) atoms. The molecule has 2 heterocycles. The number of hydrogen-bond acceptors (Lipinski definition) is 3. The van der Waals surface area contributed by atoms with Gasteiger partial charge in [-0.15, -0.1) is 11.3 Å². The monoisotopic (exact) mass is 382 g/mol. The number of aryl methyl sites for hydroxylation is 1. The lowest BCUT2D eigenvalue weighted by Crippen LogP contribution is -2.35. The minimum Gasteiger partial charge on any atom is -0.348 e. The van der Waals surface area contributed by atoms with Gasteiger partial charge in [-0.1, -0.05) is 12.1 Å². The van der Waals surface area contributed by atoms with Gasteiger partial charge in [0.1, 0.15) is 0 Å². The maximum absolute atomic E-state index is 12.6. The van der Waals surface area contributed by atoms with Gasteiger partial charge < -0.3 is 10.2 Å². The Bertz CT molecular complexity index is 819. The first-order chi connectivity index (χ1) is 13.2. The van der Waals surface area contributed by atoms with Crippen molar-refractivity contribution in [2.75, 3.05) is 13.1 Å². The van der Waals surface area contributed by atoms with E-state index < -0.39 is 0 Å². The van der Waals surface area contributed by atoms with Crippen molar-refractivity contribution < 1.29 is 9.59 Å². The number of piperidine rings is 1. The molecule has 0 saturated carbocycles. The minimum absolute atomic E-state index is 0.0165. The van der Waals surface area contributed by atoms with Crippen LogP contribution >= 0.6 is 11.3 Å². The molecule has 4 rings (SSSR count). The van der Waals surface area contributed by atoms with E-state index in [9.17, 15) is 9.59 Å². The summed E-state index contributed by atoms with van der Waals surface area (Å²) in [7, 11) is 0. The molecule has 0 bridgehead atoms. The Morgan fingerprint density at radius 1 is 0.963 bits per heavy atom. The zero-order valence-corrected chi connectivity index (χ0v) is 16.4. The standard InChI is InChI=1S/C22H26N2O2S/c25-21(19-15-27-20-7-3-2-6-18(19)20)23-14-16-8-10-17(11-9-16)22(26)24-12-4-1-5-13-24/h8-11,15H,1-7,12-14H2,(H,23,25). The average Bonchev–Trinajstić information content (AvgIpc) is 3.17. The van der Waals surface area contributed by atoms with Crippen LogP contribution in [0.3, 0.4) is 0 Å². The fourth-order valence-electron chi connectivity index (χ4n) is 4.01. The van der Waals surface area contributed by atoms with E-state index in [1.165, 1.54) is 29.7 Å². The summed E-state index contributed by atoms with van der Waals surface area (Å²) >= 11 is 1.72. The van der Waals surface area contributed by atoms with Gasteiger partial charge in [-0.25, -0.2) is 0 Å². The summed E-state index contributed by atoms with van der Waals surface area (Å²) in [5.74, 6) is 0.137. The molecule has 4 nitrogen and oxygen atoms in total. The Kier molecular flexibility index (Phi) is 5.58. The second-order valence-electron chi connectivity index (χ2n) is 7.49. The molecular formula is C22H26N2O2S. The molecule has 2 aromatic rings. The Labute approximate surface area is 164 Å². The van der Waals surface area contributed by atoms with Crippen LogP contribution in [0.4, 0.5) is 0 Å². The van der Waals surface area contributed by atoms with E-state index in [0.717, 1.165) is 55.5 Å². The number of benzene rings is 1. The predicted octanol–water partition coefficient (Wildman–Crippen LogP) is 4.18. The van der Waals surface area contributed by atoms with Crippen molar-refractivity contribution in [1.82, 2.24) is 10.2 Å². The summed E-state index contributed by atoms with van der Waals surface area (Å²) in [5, 5.41) is 5.04. The number of hydrogen-bond donors (Lipinski definition) is 1. The third-order valence-electron chi connectivity index (χ3n) is 5.60. The summed E-state index contributed by atoms with van der Waals surface area (Å²) in [4.78, 5) is 28.4. The molecule has 1 saturated heterocycles. The first-order valence-corrected chi connectivity index (χ1v) is 10.9. The highest BCUT2D eigenvalue weighted by Crippen LogP contribution is 2.30. The van der Waals surface area contributed by atoms with Crippen LogP contribution in [0.5, 0.6) is 0 Å². The summed E-state index contributed by atoms with van der Waals surface area (Å²) in [6, 6.07) is 7.65. The van der Waals surface area contributed by atoms with Crippen molar-refractivity contribution in [3.05, 3.63) is 56.8 Å². The summed E-state index contributed by atoms with van der Waals surface area (Å²) < 4.78 is 0. The third kappa shape index (κ3) is 4.08. The maximum Gasteiger partial charge on any atom is 0.253 e. The molecule has 1 N–H and O–H groups in total. The molecule has 1 aromatic carbocycles. The third-order valence-corrected chi connectivity index (χ3v) is 6.69. The molecular weight excluding hydrogens is 356 g/mol. The second-order valence-corrected chi connectivity index (χ2v) is 8.45. The molecule has 2 amide bonds. The first-order valence-electron chi connectivity index (χ1n) is 9.98. The van der Waals surface area contributed by atoms with Crippen LogP contribution in [0.25, 0.3) is 0 Å². The molecule has 0 spiro atoms. The molecule has 0 atom stereocenters. The van der Waals surface area contributed by atoms with Crippen LogP contribution in [-0.2, 0) is 19.4 Å². The highest BCUT2D eigenvalue weighted by molar-refractivity contribution is 7.10. The number of thiophene rings is 1. The van der Waals surface area contributed by atoms with E-state index in [-0.39, 0.29) is 11.8 Å². The molecule has 0 radical (unpaired) electrons. The highest BCUT2D eigenvalue weighted by Gasteiger charge is 2.20. The average molecular weight is 383 g/mol. The van der Waals surface area contributed by atoms with Gasteiger partial charge >= 0.3 is 0 Å². The molecule has 1 aromatic heterocycles. The largest absolute Gasteiger partial charge is 0.348 e. The Balaban J connectivity index is 1.35. The normalized spacial score (nSPS) is 16.7. The van der Waals surface area contributed by atoms with Crippen LogP contribution in [-0.4, -0.2) is 29.8 Å². The number of nitrogens with one attached hydrogen (secondary N) is 1. The van der Waals surface area contributed by atoms with Crippen LogP contribution in [0.15, 0.2) is 29.6 Å². The van der Waals surface area contributed by atoms with Gasteiger partial charge in [0.25, 0.3) is 11.8 Å². The lowest BCUT2D eigenvalue weighted by atomic mass is 9.95. The number of likely N-dealkylation sites (tertiary alicyclic amines) is 1. The highest BCUT2D eigenvalue weighted by atomic mass is 32.1. The lowest BCUT2D eigenvalue weighted by molar-refractivity contribution is 0.0724. The van der Waals surface area contributed by atoms with E-state index in [2.05, 4.69) is 5.32 Å². The number of nitrogens with zero attached hydrogens (tertiary/aromatic N) is 1. The van der Waals surface area contributed by atoms with Gasteiger partial charge in [-0.2, -0.15) is 0 Å². The van der Waals surface area contributed by atoms with Gasteiger partial charge in [0.2, 0.25) is 0 Å². The number of carbonyl (C=O) groups is 2. The molecule has 0 unspecified atom stereocenters. The van der Waals surface area contributed by atoms with Gasteiger partial charge in [0, 0.05) is 35.5 Å². The Hall–Kier alpha value is -2.14. The van der Waals surface area contributed by atoms with Crippen molar-refractivity contribution in [2.24, 2.45) is 0 Å². The van der Waals surface area contributed by atoms with Crippen LogP contribution in [0, 0.1) is 0 Å². The first kappa shape index (κ1) is 18.2. The predicted molar refractivity (Wildman–Crippen MR) is 108 cm³/mol. The fraction of sp³-hybridized carbons (Fsp3) is 0.455. The van der Waals surface area contributed by atoms with Crippen molar-refractivity contribution >= 4 is 23.2 Å². The summed E-state index contributed by atoms with van der Waals surface area (Å²) in [6.07, 6.45) is 7.96. The zero-order chi connectivity index (χ0) is 18.6. The van der Waals surface area contributed by atoms with Crippen molar-refractivity contribution in [1.29, 1.82) is 0 Å². The van der Waals surface area contributed by atoms with E-state index in [1.807, 2.05) is 34.5 Å². The van der Waals surface area contributed by atoms with E-state index in [0.29, 0.717) is 6.54 Å². The van der Waals surface area contributed by atoms with Crippen LogP contribution < -0.4 is 5.32 Å². The SMILES string of the molecule is O=C(NCc1ccc(C(=O)N2CCCCC2)cc1)c1csc2c1CCCC2. The molecule has 142 valence electrons. The second kappa shape index (κ2) is 8.26. The van der Waals surface area contributed by atoms with Crippen LogP contribution in [0.2, 0.25) is 0 Å². The van der Waals surface area contributed by atoms with Crippen molar-refractivity contribution in [3.8, 4) is 0 Å². The smallest absolute Gasteiger partial charge is 0.253 e. The number of fused-ring (bicyclic) bond motifs is 1. The van der Waals surface area contributed by atoms with Crippen molar-refractivity contribution in [3.63, 3.8) is 0 Å².